The molecule has 0 unspecified atom stereocenters. The summed E-state index contributed by atoms with van der Waals surface area (Å²) in [6.07, 6.45) is 2.11. The molecule has 1 saturated heterocycles. The number of aromatic nitrogens is 2. The van der Waals surface area contributed by atoms with E-state index in [0.717, 1.165) is 43.2 Å². The highest BCUT2D eigenvalue weighted by Gasteiger charge is 2.23. The summed E-state index contributed by atoms with van der Waals surface area (Å²) in [6, 6.07) is 12.7. The molecule has 0 bridgehead atoms. The second-order valence-electron chi connectivity index (χ2n) is 11.8. The first-order valence-electron chi connectivity index (χ1n) is 14.0. The van der Waals surface area contributed by atoms with Gasteiger partial charge in [-0.05, 0) is 30.8 Å². The molecule has 1 aliphatic rings. The molecule has 1 aliphatic heterocycles. The van der Waals surface area contributed by atoms with E-state index in [1.165, 1.54) is 7.11 Å². The zero-order chi connectivity index (χ0) is 30.0. The van der Waals surface area contributed by atoms with E-state index in [4.69, 9.17) is 19.7 Å². The van der Waals surface area contributed by atoms with Gasteiger partial charge in [-0.2, -0.15) is 0 Å². The lowest BCUT2D eigenvalue weighted by Crippen LogP contribution is -2.44. The Morgan fingerprint density at radius 2 is 1.76 bits per heavy atom. The smallest absolute Gasteiger partial charge is 0.252 e. The maximum absolute atomic E-state index is 13.2. The number of hydrogen-bond donors (Lipinski definition) is 1. The van der Waals surface area contributed by atoms with Gasteiger partial charge in [0, 0.05) is 73.5 Å². The molecule has 5 rings (SSSR count). The minimum absolute atomic E-state index is 0.0564. The average molecular weight is 572 g/mol. The van der Waals surface area contributed by atoms with Gasteiger partial charge in [-0.25, -0.2) is 0 Å². The van der Waals surface area contributed by atoms with Crippen LogP contribution in [0.15, 0.2) is 53.2 Å². The van der Waals surface area contributed by atoms with Crippen LogP contribution in [0.5, 0.6) is 17.2 Å². The number of amides is 1. The van der Waals surface area contributed by atoms with Crippen LogP contribution >= 0.6 is 0 Å². The minimum Gasteiger partial charge on any atom is -0.496 e. The van der Waals surface area contributed by atoms with E-state index in [-0.39, 0.29) is 29.6 Å². The van der Waals surface area contributed by atoms with Gasteiger partial charge < -0.3 is 29.5 Å². The van der Waals surface area contributed by atoms with Gasteiger partial charge in [0.05, 0.1) is 30.3 Å². The molecule has 10 heteroatoms. The summed E-state index contributed by atoms with van der Waals surface area (Å²) in [6.45, 7) is 9.64. The Morgan fingerprint density at radius 1 is 1.00 bits per heavy atom. The zero-order valence-electron chi connectivity index (χ0n) is 24.8. The van der Waals surface area contributed by atoms with E-state index >= 15 is 0 Å². The van der Waals surface area contributed by atoms with Crippen LogP contribution in [0.25, 0.3) is 10.9 Å². The Hall–Kier alpha value is -4.44. The number of nitrogens with two attached hydrogens (primary N) is 1. The molecule has 42 heavy (non-hydrogen) atoms. The van der Waals surface area contributed by atoms with Gasteiger partial charge >= 0.3 is 0 Å². The van der Waals surface area contributed by atoms with Crippen molar-refractivity contribution in [2.24, 2.45) is 5.73 Å². The maximum atomic E-state index is 13.2. The summed E-state index contributed by atoms with van der Waals surface area (Å²) in [5, 5.41) is 4.76. The van der Waals surface area contributed by atoms with Gasteiger partial charge in [0.1, 0.15) is 28.8 Å². The third-order valence-electron chi connectivity index (χ3n) is 7.48. The second-order valence-corrected chi connectivity index (χ2v) is 11.8. The minimum atomic E-state index is -0.602. The summed E-state index contributed by atoms with van der Waals surface area (Å²) >= 11 is 0. The van der Waals surface area contributed by atoms with Crippen LogP contribution in [-0.2, 0) is 23.1 Å². The fourth-order valence-electron chi connectivity index (χ4n) is 5.05. The molecule has 0 atom stereocenters. The van der Waals surface area contributed by atoms with Crippen molar-refractivity contribution in [2.75, 3.05) is 45.2 Å². The Kier molecular flexibility index (Phi) is 8.17. The second kappa shape index (κ2) is 11.8. The summed E-state index contributed by atoms with van der Waals surface area (Å²) in [7, 11) is 3.59. The number of rotatable bonds is 9. The topological polar surface area (TPSA) is 124 Å². The summed E-state index contributed by atoms with van der Waals surface area (Å²) in [4.78, 5) is 34.2. The first kappa shape index (κ1) is 29.1. The Labute approximate surface area is 245 Å². The quantitative estimate of drug-likeness (QED) is 0.309. The number of nitrogens with zero attached hydrogens (tertiary/aromatic N) is 4. The molecule has 1 amide bonds. The van der Waals surface area contributed by atoms with Crippen LogP contribution in [0.4, 0.5) is 5.69 Å². The van der Waals surface area contributed by atoms with Crippen molar-refractivity contribution in [3.05, 3.63) is 71.2 Å². The number of benzene rings is 2. The number of primary amides is 1. The molecule has 0 spiro atoms. The van der Waals surface area contributed by atoms with Crippen molar-refractivity contribution in [3.8, 4) is 17.2 Å². The number of carbonyl (C=O) groups excluding carboxylic acids is 2. The summed E-state index contributed by atoms with van der Waals surface area (Å²) in [5.41, 5.74) is 8.81. The van der Waals surface area contributed by atoms with Gasteiger partial charge in [-0.1, -0.05) is 32.0 Å². The predicted molar refractivity (Wildman–Crippen MR) is 161 cm³/mol. The number of likely N-dealkylation sites (N-methyl/N-ethyl adjacent to an activating group) is 1. The summed E-state index contributed by atoms with van der Waals surface area (Å²) < 4.78 is 17.2. The van der Waals surface area contributed by atoms with Crippen LogP contribution in [0.2, 0.25) is 0 Å². The fraction of sp³-hybridized carbons (Fsp3) is 0.375. The molecular weight excluding hydrogens is 534 g/mol. The lowest BCUT2D eigenvalue weighted by Gasteiger charge is -2.35. The van der Waals surface area contributed by atoms with Gasteiger partial charge in [-0.3, -0.25) is 14.6 Å². The van der Waals surface area contributed by atoms with E-state index in [1.54, 1.807) is 24.4 Å². The zero-order valence-corrected chi connectivity index (χ0v) is 24.8. The van der Waals surface area contributed by atoms with Crippen LogP contribution in [0.1, 0.15) is 48.1 Å². The number of fused-ring (bicyclic) bond motifs is 1. The number of carbonyl (C=O) groups is 2. The van der Waals surface area contributed by atoms with E-state index in [2.05, 4.69) is 27.0 Å². The van der Waals surface area contributed by atoms with Crippen LogP contribution < -0.4 is 20.1 Å². The third-order valence-corrected chi connectivity index (χ3v) is 7.48. The van der Waals surface area contributed by atoms with E-state index in [1.807, 2.05) is 45.0 Å². The van der Waals surface area contributed by atoms with Gasteiger partial charge in [-0.15, -0.1) is 0 Å². The molecule has 2 aromatic heterocycles. The van der Waals surface area contributed by atoms with E-state index in [9.17, 15) is 9.59 Å². The number of hydrogen-bond acceptors (Lipinski definition) is 9. The monoisotopic (exact) mass is 571 g/mol. The van der Waals surface area contributed by atoms with E-state index < -0.39 is 5.91 Å². The predicted octanol–water partition coefficient (Wildman–Crippen LogP) is 4.53. The highest BCUT2D eigenvalue weighted by molar-refractivity contribution is 6.01. The molecular formula is C32H37N5O5. The van der Waals surface area contributed by atoms with Gasteiger partial charge in [0.25, 0.3) is 5.91 Å². The molecule has 4 aromatic rings. The van der Waals surface area contributed by atoms with Crippen molar-refractivity contribution in [1.29, 1.82) is 0 Å². The standard InChI is InChI=1S/C32H37N5O5/c1-32(2,3)30-16-21(35-42-30)15-22(38)14-20-6-7-23(17-27(20)37-12-10-36(4)11-13-37)41-28-8-9-34-26-19-29(40-5)25(31(33)39)18-24(26)28/h6-9,16-19H,10-15H2,1-5H3,(H2,33,39). The van der Waals surface area contributed by atoms with Crippen molar-refractivity contribution >= 4 is 28.3 Å². The largest absolute Gasteiger partial charge is 0.496 e. The number of pyridine rings is 1. The van der Waals surface area contributed by atoms with Gasteiger partial charge in [0.2, 0.25) is 0 Å². The molecule has 220 valence electrons. The van der Waals surface area contributed by atoms with E-state index in [0.29, 0.717) is 33.8 Å². The number of piperazine rings is 1. The molecule has 0 radical (unpaired) electrons. The van der Waals surface area contributed by atoms with Crippen molar-refractivity contribution in [2.45, 2.75) is 39.0 Å². The maximum Gasteiger partial charge on any atom is 0.252 e. The molecule has 3 heterocycles. The van der Waals surface area contributed by atoms with Crippen LogP contribution in [0.3, 0.4) is 0 Å². The Morgan fingerprint density at radius 3 is 2.43 bits per heavy atom. The number of Topliss-reactive ketones (excluding diaryl/α,β-unsaturated/α-hetero) is 1. The SMILES string of the molecule is COc1cc2nccc(Oc3ccc(CC(=O)Cc4cc(C(C)(C)C)on4)c(N4CCN(C)CC4)c3)c2cc1C(N)=O. The Bertz CT molecular complexity index is 1620. The van der Waals surface area contributed by atoms with Crippen molar-refractivity contribution < 1.29 is 23.6 Å². The number of methoxy groups -OCH3 is 1. The van der Waals surface area contributed by atoms with Crippen molar-refractivity contribution in [3.63, 3.8) is 0 Å². The lowest BCUT2D eigenvalue weighted by atomic mass is 9.93. The molecule has 2 N–H and O–H groups in total. The highest BCUT2D eigenvalue weighted by Crippen LogP contribution is 2.35. The summed E-state index contributed by atoms with van der Waals surface area (Å²) in [5.74, 6) is 1.70. The molecule has 0 aliphatic carbocycles. The number of ether oxygens (including phenoxy) is 2. The molecule has 2 aromatic carbocycles. The fourth-order valence-corrected chi connectivity index (χ4v) is 5.05. The number of anilines is 1. The average Bonchev–Trinajstić information content (AvgIpc) is 3.43. The molecule has 10 nitrogen and oxygen atoms in total. The first-order valence-corrected chi connectivity index (χ1v) is 14.0. The van der Waals surface area contributed by atoms with Gasteiger partial charge in [0.15, 0.2) is 0 Å². The molecule has 0 saturated carbocycles. The van der Waals surface area contributed by atoms with Crippen LogP contribution in [0, 0.1) is 0 Å². The molecule has 1 fully saturated rings. The first-order chi connectivity index (χ1) is 20.0. The number of ketones is 1. The Balaban J connectivity index is 1.44. The lowest BCUT2D eigenvalue weighted by molar-refractivity contribution is -0.117. The normalized spacial score (nSPS) is 14.3. The highest BCUT2D eigenvalue weighted by atomic mass is 16.5. The van der Waals surface area contributed by atoms with Crippen molar-refractivity contribution in [1.82, 2.24) is 15.0 Å². The third kappa shape index (κ3) is 6.38. The van der Waals surface area contributed by atoms with Crippen LogP contribution in [-0.4, -0.2) is 67.1 Å².